The third-order valence-corrected chi connectivity index (χ3v) is 5.41. The maximum atomic E-state index is 12.2. The van der Waals surface area contributed by atoms with E-state index in [2.05, 4.69) is 37.5 Å². The second kappa shape index (κ2) is 7.17. The molecule has 2 aliphatic rings. The number of hydrogen-bond donors (Lipinski definition) is 2. The number of aromatic nitrogens is 4. The molecule has 27 heavy (non-hydrogen) atoms. The van der Waals surface area contributed by atoms with Crippen LogP contribution in [0, 0.1) is 5.92 Å². The summed E-state index contributed by atoms with van der Waals surface area (Å²) in [4.78, 5) is 23.4. The second-order valence-corrected chi connectivity index (χ2v) is 8.01. The highest BCUT2D eigenvalue weighted by Crippen LogP contribution is 2.33. The molecular formula is C19H27N7O. The summed E-state index contributed by atoms with van der Waals surface area (Å²) in [6.45, 7) is 3.89. The van der Waals surface area contributed by atoms with Crippen LogP contribution < -0.4 is 15.5 Å². The van der Waals surface area contributed by atoms with Crippen molar-refractivity contribution in [2.75, 3.05) is 23.3 Å². The molecule has 2 N–H and O–H groups in total. The zero-order chi connectivity index (χ0) is 18.9. The van der Waals surface area contributed by atoms with E-state index < -0.39 is 0 Å². The molecule has 8 heteroatoms. The van der Waals surface area contributed by atoms with E-state index >= 15 is 0 Å². The van der Waals surface area contributed by atoms with Gasteiger partial charge in [0.25, 0.3) is 0 Å². The summed E-state index contributed by atoms with van der Waals surface area (Å²) in [5.74, 6) is 2.30. The molecule has 1 amide bonds. The molecular weight excluding hydrogens is 342 g/mol. The molecule has 0 spiro atoms. The van der Waals surface area contributed by atoms with Crippen molar-refractivity contribution in [2.45, 2.75) is 44.6 Å². The summed E-state index contributed by atoms with van der Waals surface area (Å²) in [5.41, 5.74) is 0.742. The van der Waals surface area contributed by atoms with Crippen molar-refractivity contribution in [3.05, 3.63) is 24.7 Å². The molecule has 0 aromatic carbocycles. The van der Waals surface area contributed by atoms with Crippen LogP contribution in [0.3, 0.4) is 0 Å². The van der Waals surface area contributed by atoms with Gasteiger partial charge in [0.05, 0.1) is 11.9 Å². The zero-order valence-electron chi connectivity index (χ0n) is 16.0. The average molecular weight is 369 g/mol. The first-order valence-electron chi connectivity index (χ1n) is 9.64. The summed E-state index contributed by atoms with van der Waals surface area (Å²) in [7, 11) is 1.87. The van der Waals surface area contributed by atoms with E-state index in [4.69, 9.17) is 0 Å². The Bertz CT molecular complexity index is 806. The number of nitrogens with one attached hydrogen (secondary N) is 2. The van der Waals surface area contributed by atoms with Crippen molar-refractivity contribution in [2.24, 2.45) is 13.0 Å². The van der Waals surface area contributed by atoms with E-state index in [0.29, 0.717) is 18.3 Å². The van der Waals surface area contributed by atoms with Crippen LogP contribution in [0.1, 0.15) is 39.0 Å². The fraction of sp³-hybridized carbons (Fsp3) is 0.579. The lowest BCUT2D eigenvalue weighted by Gasteiger charge is -2.40. The Morgan fingerprint density at radius 2 is 2.11 bits per heavy atom. The van der Waals surface area contributed by atoms with E-state index in [1.165, 1.54) is 12.8 Å². The van der Waals surface area contributed by atoms with Crippen LogP contribution in [0.25, 0.3) is 0 Å². The Morgan fingerprint density at radius 1 is 1.33 bits per heavy atom. The Kier molecular flexibility index (Phi) is 4.72. The van der Waals surface area contributed by atoms with Crippen molar-refractivity contribution < 1.29 is 4.79 Å². The molecule has 0 unspecified atom stereocenters. The molecule has 1 aliphatic heterocycles. The van der Waals surface area contributed by atoms with Gasteiger partial charge in [0, 0.05) is 44.5 Å². The summed E-state index contributed by atoms with van der Waals surface area (Å²) in [6, 6.07) is 1.93. The number of carbonyl (C=O) groups excluding carboxylic acids is 1. The van der Waals surface area contributed by atoms with Crippen LogP contribution in [-0.4, -0.2) is 44.3 Å². The minimum absolute atomic E-state index is 0.119. The van der Waals surface area contributed by atoms with Gasteiger partial charge in [-0.3, -0.25) is 9.48 Å². The van der Waals surface area contributed by atoms with Crippen molar-refractivity contribution in [1.29, 1.82) is 0 Å². The van der Waals surface area contributed by atoms with Crippen LogP contribution in [0.2, 0.25) is 0 Å². The number of hydrogen-bond acceptors (Lipinski definition) is 6. The Labute approximate surface area is 159 Å². The lowest BCUT2D eigenvalue weighted by Crippen LogP contribution is -2.53. The Morgan fingerprint density at radius 3 is 2.78 bits per heavy atom. The van der Waals surface area contributed by atoms with Gasteiger partial charge in [-0.15, -0.1) is 0 Å². The highest BCUT2D eigenvalue weighted by Gasteiger charge is 2.33. The molecule has 8 nitrogen and oxygen atoms in total. The summed E-state index contributed by atoms with van der Waals surface area (Å²) in [6.07, 6.45) is 10.3. The van der Waals surface area contributed by atoms with Crippen LogP contribution in [0.5, 0.6) is 0 Å². The number of rotatable bonds is 6. The lowest BCUT2D eigenvalue weighted by molar-refractivity contribution is -0.123. The molecule has 4 rings (SSSR count). The summed E-state index contributed by atoms with van der Waals surface area (Å²) >= 11 is 0. The van der Waals surface area contributed by atoms with Crippen LogP contribution in [0.4, 0.5) is 17.5 Å². The molecule has 0 radical (unpaired) electrons. The van der Waals surface area contributed by atoms with Gasteiger partial charge >= 0.3 is 0 Å². The minimum Gasteiger partial charge on any atom is -0.356 e. The van der Waals surface area contributed by atoms with Crippen LogP contribution in [-0.2, 0) is 11.8 Å². The molecule has 0 atom stereocenters. The molecule has 1 saturated carbocycles. The molecule has 2 aromatic rings. The van der Waals surface area contributed by atoms with E-state index in [-0.39, 0.29) is 11.4 Å². The highest BCUT2D eigenvalue weighted by atomic mass is 16.1. The number of piperidine rings is 1. The van der Waals surface area contributed by atoms with Crippen molar-refractivity contribution in [3.8, 4) is 0 Å². The maximum Gasteiger partial charge on any atom is 0.229 e. The van der Waals surface area contributed by atoms with E-state index in [1.54, 1.807) is 17.1 Å². The Balaban J connectivity index is 1.34. The predicted octanol–water partition coefficient (Wildman–Crippen LogP) is 2.23. The quantitative estimate of drug-likeness (QED) is 0.812. The van der Waals surface area contributed by atoms with Gasteiger partial charge in [0.1, 0.15) is 5.82 Å². The van der Waals surface area contributed by atoms with Crippen molar-refractivity contribution in [3.63, 3.8) is 0 Å². The lowest BCUT2D eigenvalue weighted by atomic mass is 9.89. The monoisotopic (exact) mass is 369 g/mol. The predicted molar refractivity (Wildman–Crippen MR) is 104 cm³/mol. The molecule has 2 aromatic heterocycles. The fourth-order valence-electron chi connectivity index (χ4n) is 3.53. The van der Waals surface area contributed by atoms with Crippen molar-refractivity contribution >= 4 is 23.4 Å². The second-order valence-electron chi connectivity index (χ2n) is 8.01. The van der Waals surface area contributed by atoms with Gasteiger partial charge in [0.15, 0.2) is 0 Å². The van der Waals surface area contributed by atoms with Gasteiger partial charge in [0.2, 0.25) is 11.9 Å². The van der Waals surface area contributed by atoms with Gasteiger partial charge in [-0.1, -0.05) is 0 Å². The van der Waals surface area contributed by atoms with Crippen LogP contribution in [0.15, 0.2) is 24.7 Å². The Hall–Kier alpha value is -2.64. The number of carbonyl (C=O) groups is 1. The van der Waals surface area contributed by atoms with Gasteiger partial charge in [-0.05, 0) is 44.6 Å². The van der Waals surface area contributed by atoms with Crippen LogP contribution >= 0.6 is 0 Å². The fourth-order valence-corrected chi connectivity index (χ4v) is 3.53. The zero-order valence-corrected chi connectivity index (χ0v) is 16.0. The summed E-state index contributed by atoms with van der Waals surface area (Å²) in [5, 5.41) is 10.6. The number of amides is 1. The average Bonchev–Trinajstić information content (AvgIpc) is 3.35. The first-order chi connectivity index (χ1) is 13.0. The summed E-state index contributed by atoms with van der Waals surface area (Å²) < 4.78 is 1.73. The number of nitrogens with zero attached hydrogens (tertiary/aromatic N) is 5. The van der Waals surface area contributed by atoms with E-state index in [1.807, 2.05) is 19.3 Å². The largest absolute Gasteiger partial charge is 0.356 e. The topological polar surface area (TPSA) is 88.0 Å². The molecule has 144 valence electrons. The third-order valence-electron chi connectivity index (χ3n) is 5.41. The standard InChI is InChI=1S/C19H27N7O/c1-19(24-17(27)11-14-3-4-14)6-9-26(10-7-19)16-5-8-20-18(23-16)22-15-12-21-25(2)13-15/h5,8,12-14H,3-4,6-7,9-11H2,1-2H3,(H,24,27)(H,20,22,23). The SMILES string of the molecule is Cn1cc(Nc2nccc(N3CCC(C)(NC(=O)CC4CC4)CC3)n2)cn1. The minimum atomic E-state index is -0.119. The number of anilines is 3. The molecule has 2 fully saturated rings. The van der Waals surface area contributed by atoms with Gasteiger partial charge in [-0.25, -0.2) is 4.98 Å². The third kappa shape index (κ3) is 4.56. The van der Waals surface area contributed by atoms with Gasteiger partial charge < -0.3 is 15.5 Å². The molecule has 0 bridgehead atoms. The molecule has 1 saturated heterocycles. The normalized spacial score (nSPS) is 19.0. The van der Waals surface area contributed by atoms with Crippen molar-refractivity contribution in [1.82, 2.24) is 25.1 Å². The van der Waals surface area contributed by atoms with E-state index in [9.17, 15) is 4.79 Å². The number of aryl methyl sites for hydroxylation is 1. The smallest absolute Gasteiger partial charge is 0.229 e. The first kappa shape index (κ1) is 17.8. The highest BCUT2D eigenvalue weighted by molar-refractivity contribution is 5.77. The molecule has 1 aliphatic carbocycles. The molecule has 3 heterocycles. The maximum absolute atomic E-state index is 12.2. The van der Waals surface area contributed by atoms with E-state index in [0.717, 1.165) is 37.4 Å². The van der Waals surface area contributed by atoms with Gasteiger partial charge in [-0.2, -0.15) is 10.1 Å². The first-order valence-corrected chi connectivity index (χ1v) is 9.64.